The molecule has 6 nitrogen and oxygen atoms in total. The molecule has 2 atom stereocenters. The maximum atomic E-state index is 11.3. The zero-order chi connectivity index (χ0) is 14.0. The second-order valence-electron chi connectivity index (χ2n) is 3.47. The van der Waals surface area contributed by atoms with Crippen LogP contribution in [-0.2, 0) is 47.1 Å². The Labute approximate surface area is 146 Å². The van der Waals surface area contributed by atoms with E-state index in [-0.39, 0.29) is 62.7 Å². The fraction of sp³-hybridized carbons (Fsp3) is 0.700. The van der Waals surface area contributed by atoms with E-state index in [4.69, 9.17) is 5.73 Å². The van der Waals surface area contributed by atoms with Gasteiger partial charge in [-0.05, 0) is 19.7 Å². The van der Waals surface area contributed by atoms with E-state index in [2.05, 4.69) is 10.6 Å². The van der Waals surface area contributed by atoms with Gasteiger partial charge in [-0.3, -0.25) is 4.79 Å². The summed E-state index contributed by atoms with van der Waals surface area (Å²) in [5.41, 5.74) is 7.31. The number of hydrogen-bond acceptors (Lipinski definition) is 6. The largest absolute Gasteiger partial charge is 0.667 e. The summed E-state index contributed by atoms with van der Waals surface area (Å²) in [4.78, 5) is 32.5. The van der Waals surface area contributed by atoms with Crippen LogP contribution in [0.5, 0.6) is 0 Å². The summed E-state index contributed by atoms with van der Waals surface area (Å²) in [6.07, 6.45) is 1.83. The third-order valence-corrected chi connectivity index (χ3v) is 4.27. The molecule has 0 spiro atoms. The van der Waals surface area contributed by atoms with Crippen LogP contribution in [0.4, 0.5) is 0 Å². The number of Topliss-reactive ketones (excluding diaryl/α,β-unsaturated/α-hetero) is 1. The molecule has 0 aromatic heterocycles. The van der Waals surface area contributed by atoms with Crippen molar-refractivity contribution >= 4 is 39.6 Å². The SMILES string of the molecule is CNC([C-]=O)CSSCC(=O)NCC([NH-])C(C)=O.[Y]. The molecule has 0 rings (SSSR count). The molecule has 19 heavy (non-hydrogen) atoms. The average molecular weight is 380 g/mol. The van der Waals surface area contributed by atoms with Crippen LogP contribution in [0.1, 0.15) is 6.92 Å². The van der Waals surface area contributed by atoms with Gasteiger partial charge in [-0.1, -0.05) is 33.7 Å². The molecule has 107 valence electrons. The molecule has 1 amide bonds. The number of amides is 1. The summed E-state index contributed by atoms with van der Waals surface area (Å²) < 4.78 is 0. The first-order valence-corrected chi connectivity index (χ1v) is 7.77. The van der Waals surface area contributed by atoms with Gasteiger partial charge in [-0.2, -0.15) is 0 Å². The van der Waals surface area contributed by atoms with Crippen LogP contribution in [0.2, 0.25) is 0 Å². The molecule has 9 heteroatoms. The van der Waals surface area contributed by atoms with Gasteiger partial charge in [0.05, 0.1) is 5.75 Å². The predicted octanol–water partition coefficient (Wildman–Crippen LogP) is 0.189. The molecule has 0 aliphatic heterocycles. The predicted molar refractivity (Wildman–Crippen MR) is 75.3 cm³/mol. The van der Waals surface area contributed by atoms with Crippen molar-refractivity contribution in [3.63, 3.8) is 0 Å². The van der Waals surface area contributed by atoms with Crippen molar-refractivity contribution in [1.29, 1.82) is 0 Å². The molecule has 0 saturated carbocycles. The number of carbonyl (C=O) groups is 2. The number of rotatable bonds is 10. The summed E-state index contributed by atoms with van der Waals surface area (Å²) in [5.74, 6) is 0.273. The standard InChI is InChI=1S/C10H17N3O3S2.Y/c1-7(15)9(11)3-13-10(16)6-18-17-5-8(4-14)12-2;/h8-9,11-12H,3,5-6H2,1-2H3,(H,13,16);/q-2;. The molecule has 0 aliphatic rings. The Morgan fingerprint density at radius 2 is 2.00 bits per heavy atom. The molecule has 2 unspecified atom stereocenters. The normalized spacial score (nSPS) is 13.0. The fourth-order valence-corrected chi connectivity index (χ4v) is 2.83. The minimum atomic E-state index is -0.898. The third-order valence-electron chi connectivity index (χ3n) is 1.99. The third kappa shape index (κ3) is 12.0. The van der Waals surface area contributed by atoms with Gasteiger partial charge >= 0.3 is 0 Å². The smallest absolute Gasteiger partial charge is 0.230 e. The maximum Gasteiger partial charge on any atom is 0.230 e. The molecule has 0 bridgehead atoms. The average Bonchev–Trinajstić information content (AvgIpc) is 2.35. The van der Waals surface area contributed by atoms with Crippen LogP contribution in [-0.4, -0.2) is 55.2 Å². The zero-order valence-corrected chi connectivity index (χ0v) is 15.4. The van der Waals surface area contributed by atoms with E-state index in [1.807, 2.05) is 6.29 Å². The second kappa shape index (κ2) is 13.5. The van der Waals surface area contributed by atoms with Crippen molar-refractivity contribution in [2.75, 3.05) is 25.1 Å². The van der Waals surface area contributed by atoms with Crippen molar-refractivity contribution in [3.05, 3.63) is 5.73 Å². The van der Waals surface area contributed by atoms with Crippen LogP contribution < -0.4 is 10.6 Å². The topological polar surface area (TPSA) is 99.1 Å². The first-order valence-electron chi connectivity index (χ1n) is 5.28. The molecule has 0 aromatic carbocycles. The Hall–Kier alpha value is 0.534. The van der Waals surface area contributed by atoms with E-state index in [9.17, 15) is 14.4 Å². The maximum absolute atomic E-state index is 11.3. The van der Waals surface area contributed by atoms with Gasteiger partial charge in [0.25, 0.3) is 0 Å². The number of ketones is 1. The summed E-state index contributed by atoms with van der Waals surface area (Å²) in [6, 6.07) is -1.23. The molecule has 0 heterocycles. The molecule has 0 aliphatic carbocycles. The fourth-order valence-electron chi connectivity index (χ4n) is 0.798. The van der Waals surface area contributed by atoms with Gasteiger partial charge in [-0.25, -0.2) is 6.29 Å². The zero-order valence-electron chi connectivity index (χ0n) is 10.9. The Morgan fingerprint density at radius 1 is 1.37 bits per heavy atom. The number of likely N-dealkylation sites (N-methyl/N-ethyl adjacent to an activating group) is 1. The summed E-state index contributed by atoms with van der Waals surface area (Å²) in [7, 11) is 4.39. The van der Waals surface area contributed by atoms with E-state index in [1.54, 1.807) is 7.05 Å². The first kappa shape index (κ1) is 21.8. The Balaban J connectivity index is 0. The van der Waals surface area contributed by atoms with Crippen molar-refractivity contribution in [2.45, 2.75) is 19.0 Å². The molecule has 0 fully saturated rings. The summed E-state index contributed by atoms with van der Waals surface area (Å²) in [5, 5.41) is 5.28. The second-order valence-corrected chi connectivity index (χ2v) is 5.98. The van der Waals surface area contributed by atoms with Gasteiger partial charge in [0, 0.05) is 39.3 Å². The van der Waals surface area contributed by atoms with Gasteiger partial charge in [0.1, 0.15) is 5.78 Å². The number of carbonyl (C=O) groups excluding carboxylic acids is 3. The Kier molecular flexibility index (Phi) is 15.5. The Bertz CT molecular complexity index is 295. The van der Waals surface area contributed by atoms with Crippen molar-refractivity contribution < 1.29 is 47.1 Å². The van der Waals surface area contributed by atoms with Gasteiger partial charge in [0.2, 0.25) is 5.91 Å². The first-order chi connectivity index (χ1) is 8.51. The van der Waals surface area contributed by atoms with Crippen molar-refractivity contribution in [1.82, 2.24) is 10.6 Å². The molecular weight excluding hydrogens is 363 g/mol. The van der Waals surface area contributed by atoms with E-state index in [0.29, 0.717) is 5.75 Å². The van der Waals surface area contributed by atoms with E-state index in [1.165, 1.54) is 28.5 Å². The minimum absolute atomic E-state index is 0. The number of nitrogens with one attached hydrogen (secondary N) is 3. The van der Waals surface area contributed by atoms with Crippen molar-refractivity contribution in [2.24, 2.45) is 0 Å². The summed E-state index contributed by atoms with van der Waals surface area (Å²) in [6.45, 7) is 1.36. The number of hydrogen-bond donors (Lipinski definition) is 2. The monoisotopic (exact) mass is 380 g/mol. The van der Waals surface area contributed by atoms with Crippen LogP contribution in [0.15, 0.2) is 0 Å². The van der Waals surface area contributed by atoms with Gasteiger partial charge < -0.3 is 26.0 Å². The summed E-state index contributed by atoms with van der Waals surface area (Å²) >= 11 is 0. The van der Waals surface area contributed by atoms with E-state index >= 15 is 0 Å². The molecule has 3 N–H and O–H groups in total. The van der Waals surface area contributed by atoms with Gasteiger partial charge in [0.15, 0.2) is 0 Å². The van der Waals surface area contributed by atoms with Crippen LogP contribution in [0.25, 0.3) is 5.73 Å². The molecular formula is C10H17N3O3S2Y-2. The minimum Gasteiger partial charge on any atom is -0.667 e. The van der Waals surface area contributed by atoms with E-state index in [0.717, 1.165) is 0 Å². The molecule has 0 aromatic rings. The molecule has 1 radical (unpaired) electrons. The Morgan fingerprint density at radius 3 is 2.47 bits per heavy atom. The quantitative estimate of drug-likeness (QED) is 0.319. The van der Waals surface area contributed by atoms with Crippen LogP contribution >= 0.6 is 21.6 Å². The van der Waals surface area contributed by atoms with Crippen molar-refractivity contribution in [3.8, 4) is 0 Å². The van der Waals surface area contributed by atoms with Gasteiger partial charge in [-0.15, -0.1) is 0 Å². The van der Waals surface area contributed by atoms with Crippen LogP contribution in [0, 0.1) is 0 Å². The molecule has 0 saturated heterocycles. The van der Waals surface area contributed by atoms with E-state index < -0.39 is 6.04 Å². The van der Waals surface area contributed by atoms with Crippen LogP contribution in [0.3, 0.4) is 0 Å².